The molecule has 0 saturated heterocycles. The second-order valence-electron chi connectivity index (χ2n) is 4.25. The number of nitro benzene ring substituents is 1. The lowest BCUT2D eigenvalue weighted by molar-refractivity contribution is -0.384. The van der Waals surface area contributed by atoms with Crippen molar-refractivity contribution in [2.75, 3.05) is 24.6 Å². The Morgan fingerprint density at radius 3 is 2.71 bits per heavy atom. The van der Waals surface area contributed by atoms with Crippen molar-refractivity contribution < 1.29 is 24.4 Å². The molecule has 0 bridgehead atoms. The molecule has 9 heteroatoms. The number of amides is 2. The normalized spacial score (nSPS) is 13.3. The average molecular weight is 293 g/mol. The fourth-order valence-electron chi connectivity index (χ4n) is 1.95. The molecule has 0 unspecified atom stereocenters. The Balaban J connectivity index is 2.27. The molecule has 0 spiro atoms. The van der Waals surface area contributed by atoms with Crippen LogP contribution in [-0.4, -0.2) is 47.3 Å². The van der Waals surface area contributed by atoms with Crippen LogP contribution in [-0.2, 0) is 9.59 Å². The van der Waals surface area contributed by atoms with E-state index < -0.39 is 29.1 Å². The second kappa shape index (κ2) is 5.67. The minimum absolute atomic E-state index is 0.0297. The van der Waals surface area contributed by atoms with Gasteiger partial charge in [0.05, 0.1) is 22.8 Å². The van der Waals surface area contributed by atoms with Crippen LogP contribution in [0.2, 0.25) is 0 Å². The summed E-state index contributed by atoms with van der Waals surface area (Å²) in [4.78, 5) is 46.1. The summed E-state index contributed by atoms with van der Waals surface area (Å²) in [6.07, 6.45) is 0. The number of benzene rings is 1. The van der Waals surface area contributed by atoms with Crippen molar-refractivity contribution >= 4 is 29.0 Å². The molecule has 0 aliphatic carbocycles. The van der Waals surface area contributed by atoms with Crippen LogP contribution in [0.4, 0.5) is 11.4 Å². The smallest absolute Gasteiger partial charge is 0.299 e. The Bertz CT molecular complexity index is 642. The van der Waals surface area contributed by atoms with E-state index in [4.69, 9.17) is 5.11 Å². The van der Waals surface area contributed by atoms with E-state index in [1.54, 1.807) is 0 Å². The molecule has 0 fully saturated rings. The molecule has 2 N–H and O–H groups in total. The summed E-state index contributed by atoms with van der Waals surface area (Å²) >= 11 is 0. The molecular weight excluding hydrogens is 282 g/mol. The Hall–Kier alpha value is -2.81. The van der Waals surface area contributed by atoms with Crippen LogP contribution in [0, 0.1) is 10.1 Å². The Labute approximate surface area is 118 Å². The van der Waals surface area contributed by atoms with Crippen molar-refractivity contribution in [3.8, 4) is 0 Å². The maximum absolute atomic E-state index is 11.8. The molecule has 1 aliphatic heterocycles. The van der Waals surface area contributed by atoms with Gasteiger partial charge in [0.25, 0.3) is 17.4 Å². The molecule has 1 aromatic carbocycles. The van der Waals surface area contributed by atoms with Crippen LogP contribution in [0.1, 0.15) is 10.4 Å². The second-order valence-corrected chi connectivity index (χ2v) is 4.25. The topological polar surface area (TPSA) is 130 Å². The highest BCUT2D eigenvalue weighted by molar-refractivity contribution is 6.52. The van der Waals surface area contributed by atoms with Crippen LogP contribution in [0.25, 0.3) is 0 Å². The molecule has 1 heterocycles. The molecule has 0 aromatic heterocycles. The van der Waals surface area contributed by atoms with Crippen molar-refractivity contribution in [1.29, 1.82) is 0 Å². The molecule has 0 saturated carbocycles. The number of carbonyl (C=O) groups excluding carboxylic acids is 3. The first kappa shape index (κ1) is 14.6. The van der Waals surface area contributed by atoms with E-state index in [1.807, 2.05) is 0 Å². The Kier molecular flexibility index (Phi) is 3.94. The number of nitro groups is 1. The van der Waals surface area contributed by atoms with Gasteiger partial charge in [0.15, 0.2) is 0 Å². The third-order valence-corrected chi connectivity index (χ3v) is 2.90. The minimum atomic E-state index is -0.912. The fourth-order valence-corrected chi connectivity index (χ4v) is 1.95. The van der Waals surface area contributed by atoms with Crippen molar-refractivity contribution in [3.63, 3.8) is 0 Å². The third kappa shape index (κ3) is 2.72. The highest BCUT2D eigenvalue weighted by Crippen LogP contribution is 2.31. The van der Waals surface area contributed by atoms with E-state index in [2.05, 4.69) is 5.32 Å². The first-order chi connectivity index (χ1) is 9.95. The number of non-ortho nitro benzene ring substituents is 1. The standard InChI is InChI=1S/C12H11N3O6/c16-4-3-13-10(17)6-14-9-2-1-7(15(20)21)5-8(9)11(18)12(14)19/h1-2,5,16H,3-4,6H2,(H,13,17). The van der Waals surface area contributed by atoms with Crippen molar-refractivity contribution in [2.24, 2.45) is 0 Å². The van der Waals surface area contributed by atoms with Gasteiger partial charge in [-0.15, -0.1) is 0 Å². The molecule has 1 aromatic rings. The lowest BCUT2D eigenvalue weighted by Crippen LogP contribution is -2.40. The van der Waals surface area contributed by atoms with Gasteiger partial charge in [-0.1, -0.05) is 0 Å². The number of hydrogen-bond donors (Lipinski definition) is 2. The van der Waals surface area contributed by atoms with Gasteiger partial charge in [-0.05, 0) is 6.07 Å². The van der Waals surface area contributed by atoms with Crippen LogP contribution >= 0.6 is 0 Å². The first-order valence-electron chi connectivity index (χ1n) is 5.98. The van der Waals surface area contributed by atoms with E-state index >= 15 is 0 Å². The highest BCUT2D eigenvalue weighted by atomic mass is 16.6. The summed E-state index contributed by atoms with van der Waals surface area (Å²) < 4.78 is 0. The molecule has 21 heavy (non-hydrogen) atoms. The summed E-state index contributed by atoms with van der Waals surface area (Å²) in [7, 11) is 0. The summed E-state index contributed by atoms with van der Waals surface area (Å²) in [5.74, 6) is -2.34. The number of Topliss-reactive ketones (excluding diaryl/α,β-unsaturated/α-hetero) is 1. The maximum Gasteiger partial charge on any atom is 0.299 e. The third-order valence-electron chi connectivity index (χ3n) is 2.90. The van der Waals surface area contributed by atoms with Gasteiger partial charge >= 0.3 is 0 Å². The summed E-state index contributed by atoms with van der Waals surface area (Å²) in [5.41, 5.74) is -0.236. The Morgan fingerprint density at radius 2 is 2.10 bits per heavy atom. The Morgan fingerprint density at radius 1 is 1.38 bits per heavy atom. The SMILES string of the molecule is O=C(CN1C(=O)C(=O)c2cc([N+](=O)[O-])ccc21)NCCO. The number of ketones is 1. The number of fused-ring (bicyclic) bond motifs is 1. The van der Waals surface area contributed by atoms with E-state index in [0.717, 1.165) is 17.0 Å². The molecule has 1 aliphatic rings. The number of nitrogens with one attached hydrogen (secondary N) is 1. The van der Waals surface area contributed by atoms with E-state index in [1.165, 1.54) is 6.07 Å². The molecule has 0 atom stereocenters. The predicted molar refractivity (Wildman–Crippen MR) is 69.9 cm³/mol. The summed E-state index contributed by atoms with van der Waals surface area (Å²) in [6, 6.07) is 3.43. The monoisotopic (exact) mass is 293 g/mol. The lowest BCUT2D eigenvalue weighted by Gasteiger charge is -2.15. The van der Waals surface area contributed by atoms with Crippen molar-refractivity contribution in [3.05, 3.63) is 33.9 Å². The van der Waals surface area contributed by atoms with Crippen molar-refractivity contribution in [1.82, 2.24) is 5.32 Å². The highest BCUT2D eigenvalue weighted by Gasteiger charge is 2.37. The number of nitrogens with zero attached hydrogens (tertiary/aromatic N) is 2. The zero-order valence-electron chi connectivity index (χ0n) is 10.7. The van der Waals surface area contributed by atoms with Gasteiger partial charge in [0, 0.05) is 18.7 Å². The average Bonchev–Trinajstić information content (AvgIpc) is 2.70. The number of aliphatic hydroxyl groups is 1. The van der Waals surface area contributed by atoms with E-state index in [9.17, 15) is 24.5 Å². The van der Waals surface area contributed by atoms with Gasteiger partial charge in [0.2, 0.25) is 5.91 Å². The zero-order valence-corrected chi connectivity index (χ0v) is 10.7. The van der Waals surface area contributed by atoms with E-state index in [0.29, 0.717) is 0 Å². The molecule has 9 nitrogen and oxygen atoms in total. The maximum atomic E-state index is 11.8. The van der Waals surface area contributed by atoms with Gasteiger partial charge in [-0.3, -0.25) is 29.4 Å². The van der Waals surface area contributed by atoms with Crippen LogP contribution < -0.4 is 10.2 Å². The van der Waals surface area contributed by atoms with Gasteiger partial charge < -0.3 is 10.4 Å². The largest absolute Gasteiger partial charge is 0.395 e. The van der Waals surface area contributed by atoms with Crippen molar-refractivity contribution in [2.45, 2.75) is 0 Å². The van der Waals surface area contributed by atoms with Crippen LogP contribution in [0.5, 0.6) is 0 Å². The first-order valence-corrected chi connectivity index (χ1v) is 5.98. The number of rotatable bonds is 5. The molecule has 0 radical (unpaired) electrons. The predicted octanol–water partition coefficient (Wildman–Crippen LogP) is -0.767. The summed E-state index contributed by atoms with van der Waals surface area (Å²) in [6.45, 7) is -0.612. The van der Waals surface area contributed by atoms with Gasteiger partial charge in [0.1, 0.15) is 6.54 Å². The summed E-state index contributed by atoms with van der Waals surface area (Å²) in [5, 5.41) is 21.6. The lowest BCUT2D eigenvalue weighted by atomic mass is 10.1. The quantitative estimate of drug-likeness (QED) is 0.416. The number of hydrogen-bond acceptors (Lipinski definition) is 6. The van der Waals surface area contributed by atoms with Gasteiger partial charge in [-0.25, -0.2) is 0 Å². The molecule has 2 rings (SSSR count). The number of carbonyl (C=O) groups is 3. The number of aliphatic hydroxyl groups excluding tert-OH is 1. The number of anilines is 1. The van der Waals surface area contributed by atoms with Gasteiger partial charge in [-0.2, -0.15) is 0 Å². The molecule has 2 amide bonds. The molecule has 110 valence electrons. The van der Waals surface area contributed by atoms with Crippen LogP contribution in [0.3, 0.4) is 0 Å². The zero-order chi connectivity index (χ0) is 15.6. The fraction of sp³-hybridized carbons (Fsp3) is 0.250. The van der Waals surface area contributed by atoms with Crippen LogP contribution in [0.15, 0.2) is 18.2 Å². The molecular formula is C12H11N3O6. The van der Waals surface area contributed by atoms with E-state index in [-0.39, 0.29) is 30.1 Å². The minimum Gasteiger partial charge on any atom is -0.395 e.